The zero-order chi connectivity index (χ0) is 10.4. The van der Waals surface area contributed by atoms with Crippen molar-refractivity contribution in [1.82, 2.24) is 4.98 Å². The van der Waals surface area contributed by atoms with Gasteiger partial charge in [-0.1, -0.05) is 26.2 Å². The van der Waals surface area contributed by atoms with Gasteiger partial charge in [-0.25, -0.2) is 0 Å². The second kappa shape index (κ2) is 5.63. The van der Waals surface area contributed by atoms with Crippen LogP contribution in [0.5, 0.6) is 0 Å². The molecule has 0 aliphatic heterocycles. The Labute approximate surface area is 86.5 Å². The molecule has 14 heavy (non-hydrogen) atoms. The van der Waals surface area contributed by atoms with Crippen molar-refractivity contribution in [2.45, 2.75) is 46.0 Å². The highest BCUT2D eigenvalue weighted by atomic mass is 14.7. The lowest BCUT2D eigenvalue weighted by atomic mass is 10.1. The van der Waals surface area contributed by atoms with E-state index < -0.39 is 0 Å². The molecule has 2 nitrogen and oxygen atoms in total. The molecule has 0 spiro atoms. The molecule has 0 saturated heterocycles. The molecule has 0 bridgehead atoms. The molecular formula is C12H20N2. The Morgan fingerprint density at radius 2 is 2.07 bits per heavy atom. The molecule has 2 N–H and O–H groups in total. The van der Waals surface area contributed by atoms with Gasteiger partial charge in [0.05, 0.1) is 11.4 Å². The molecule has 0 aliphatic carbocycles. The summed E-state index contributed by atoms with van der Waals surface area (Å²) < 4.78 is 0. The van der Waals surface area contributed by atoms with Crippen LogP contribution in [0.3, 0.4) is 0 Å². The van der Waals surface area contributed by atoms with Crippen LogP contribution in [0.4, 0.5) is 5.69 Å². The first-order valence-corrected chi connectivity index (χ1v) is 5.45. The van der Waals surface area contributed by atoms with Crippen LogP contribution in [0.1, 0.15) is 43.9 Å². The third-order valence-electron chi connectivity index (χ3n) is 2.56. The van der Waals surface area contributed by atoms with Crippen molar-refractivity contribution in [2.75, 3.05) is 5.73 Å². The summed E-state index contributed by atoms with van der Waals surface area (Å²) in [4.78, 5) is 4.31. The molecule has 2 heteroatoms. The lowest BCUT2D eigenvalue weighted by Crippen LogP contribution is -2.00. The van der Waals surface area contributed by atoms with Crippen molar-refractivity contribution in [2.24, 2.45) is 0 Å². The first-order chi connectivity index (χ1) is 6.75. The van der Waals surface area contributed by atoms with Crippen LogP contribution in [-0.2, 0) is 6.42 Å². The lowest BCUT2D eigenvalue weighted by Gasteiger charge is -2.06. The zero-order valence-electron chi connectivity index (χ0n) is 9.21. The Hall–Kier alpha value is -1.05. The fourth-order valence-electron chi connectivity index (χ4n) is 1.54. The molecule has 1 heterocycles. The van der Waals surface area contributed by atoms with Crippen LogP contribution in [0.2, 0.25) is 0 Å². The van der Waals surface area contributed by atoms with Crippen LogP contribution in [0.15, 0.2) is 12.3 Å². The molecule has 1 aromatic heterocycles. The third kappa shape index (κ3) is 3.02. The van der Waals surface area contributed by atoms with E-state index in [2.05, 4.69) is 11.9 Å². The second-order valence-electron chi connectivity index (χ2n) is 3.80. The topological polar surface area (TPSA) is 38.9 Å². The van der Waals surface area contributed by atoms with Gasteiger partial charge in [-0.2, -0.15) is 0 Å². The molecule has 1 aromatic rings. The van der Waals surface area contributed by atoms with Gasteiger partial charge in [0.2, 0.25) is 0 Å². The normalized spacial score (nSPS) is 10.4. The fraction of sp³-hybridized carbons (Fsp3) is 0.583. The van der Waals surface area contributed by atoms with Crippen molar-refractivity contribution in [1.29, 1.82) is 0 Å². The maximum absolute atomic E-state index is 5.93. The highest BCUT2D eigenvalue weighted by Gasteiger charge is 2.02. The summed E-state index contributed by atoms with van der Waals surface area (Å²) in [6.07, 6.45) is 7.94. The Bertz CT molecular complexity index is 282. The van der Waals surface area contributed by atoms with E-state index in [9.17, 15) is 0 Å². The summed E-state index contributed by atoms with van der Waals surface area (Å²) in [5, 5.41) is 0. The van der Waals surface area contributed by atoms with Gasteiger partial charge in [-0.15, -0.1) is 0 Å². The van der Waals surface area contributed by atoms with E-state index in [1.54, 1.807) is 0 Å². The van der Waals surface area contributed by atoms with E-state index in [1.165, 1.54) is 25.7 Å². The average Bonchev–Trinajstić information content (AvgIpc) is 2.19. The Morgan fingerprint density at radius 3 is 2.79 bits per heavy atom. The summed E-state index contributed by atoms with van der Waals surface area (Å²) in [6, 6.07) is 1.96. The number of pyridine rings is 1. The second-order valence-corrected chi connectivity index (χ2v) is 3.80. The van der Waals surface area contributed by atoms with E-state index >= 15 is 0 Å². The maximum Gasteiger partial charge on any atom is 0.0635 e. The van der Waals surface area contributed by atoms with E-state index in [0.29, 0.717) is 0 Å². The number of unbranched alkanes of at least 4 members (excludes halogenated alkanes) is 3. The minimum atomic E-state index is 0.879. The fourth-order valence-corrected chi connectivity index (χ4v) is 1.54. The van der Waals surface area contributed by atoms with Crippen molar-refractivity contribution in [3.63, 3.8) is 0 Å². The van der Waals surface area contributed by atoms with Crippen LogP contribution < -0.4 is 5.73 Å². The van der Waals surface area contributed by atoms with E-state index in [1.807, 2.05) is 19.2 Å². The standard InChI is InChI=1S/C12H20N2/c1-3-4-5-6-7-11-12(13)10(2)8-9-14-11/h8-9H,3-7,13H2,1-2H3. The quantitative estimate of drug-likeness (QED) is 0.728. The maximum atomic E-state index is 5.93. The summed E-state index contributed by atoms with van der Waals surface area (Å²) in [5.41, 5.74) is 9.03. The van der Waals surface area contributed by atoms with E-state index in [0.717, 1.165) is 23.4 Å². The average molecular weight is 192 g/mol. The predicted octanol–water partition coefficient (Wildman–Crippen LogP) is 3.10. The van der Waals surface area contributed by atoms with Gasteiger partial charge in [0.25, 0.3) is 0 Å². The molecule has 0 fully saturated rings. The summed E-state index contributed by atoms with van der Waals surface area (Å²) in [5.74, 6) is 0. The first kappa shape index (κ1) is 11.0. The molecular weight excluding hydrogens is 172 g/mol. The summed E-state index contributed by atoms with van der Waals surface area (Å²) >= 11 is 0. The minimum absolute atomic E-state index is 0.879. The number of anilines is 1. The van der Waals surface area contributed by atoms with Gasteiger partial charge in [0.1, 0.15) is 0 Å². The Balaban J connectivity index is 2.46. The highest BCUT2D eigenvalue weighted by Crippen LogP contribution is 2.16. The number of nitrogen functional groups attached to an aromatic ring is 1. The summed E-state index contributed by atoms with van der Waals surface area (Å²) in [7, 11) is 0. The largest absolute Gasteiger partial charge is 0.397 e. The number of aryl methyl sites for hydroxylation is 2. The predicted molar refractivity (Wildman–Crippen MR) is 61.2 cm³/mol. The molecule has 0 unspecified atom stereocenters. The highest BCUT2D eigenvalue weighted by molar-refractivity contribution is 5.49. The van der Waals surface area contributed by atoms with Crippen molar-refractivity contribution in [3.05, 3.63) is 23.5 Å². The van der Waals surface area contributed by atoms with Gasteiger partial charge in [0.15, 0.2) is 0 Å². The summed E-state index contributed by atoms with van der Waals surface area (Å²) in [6.45, 7) is 4.26. The van der Waals surface area contributed by atoms with Gasteiger partial charge in [0, 0.05) is 6.20 Å². The van der Waals surface area contributed by atoms with Crippen molar-refractivity contribution in [3.8, 4) is 0 Å². The van der Waals surface area contributed by atoms with Crippen LogP contribution in [0, 0.1) is 6.92 Å². The SMILES string of the molecule is CCCCCCc1nccc(C)c1N. The molecule has 0 radical (unpaired) electrons. The Morgan fingerprint density at radius 1 is 1.29 bits per heavy atom. The number of hydrogen-bond acceptors (Lipinski definition) is 2. The molecule has 0 aliphatic rings. The number of hydrogen-bond donors (Lipinski definition) is 1. The van der Waals surface area contributed by atoms with Crippen molar-refractivity contribution >= 4 is 5.69 Å². The minimum Gasteiger partial charge on any atom is -0.397 e. The molecule has 0 atom stereocenters. The number of nitrogens with two attached hydrogens (primary N) is 1. The lowest BCUT2D eigenvalue weighted by molar-refractivity contribution is 0.661. The molecule has 0 amide bonds. The molecule has 1 rings (SSSR count). The van der Waals surface area contributed by atoms with Crippen LogP contribution >= 0.6 is 0 Å². The van der Waals surface area contributed by atoms with Crippen LogP contribution in [0.25, 0.3) is 0 Å². The number of nitrogens with zero attached hydrogens (tertiary/aromatic N) is 1. The molecule has 78 valence electrons. The smallest absolute Gasteiger partial charge is 0.0635 e. The molecule has 0 saturated carbocycles. The number of rotatable bonds is 5. The zero-order valence-corrected chi connectivity index (χ0v) is 9.21. The van der Waals surface area contributed by atoms with Crippen LogP contribution in [-0.4, -0.2) is 4.98 Å². The number of aromatic nitrogens is 1. The van der Waals surface area contributed by atoms with Gasteiger partial charge in [-0.05, 0) is 31.4 Å². The molecule has 0 aromatic carbocycles. The Kier molecular flexibility index (Phi) is 4.44. The third-order valence-corrected chi connectivity index (χ3v) is 2.56. The monoisotopic (exact) mass is 192 g/mol. The van der Waals surface area contributed by atoms with E-state index in [4.69, 9.17) is 5.73 Å². The van der Waals surface area contributed by atoms with Gasteiger partial charge >= 0.3 is 0 Å². The van der Waals surface area contributed by atoms with Gasteiger partial charge < -0.3 is 5.73 Å². The van der Waals surface area contributed by atoms with Crippen molar-refractivity contribution < 1.29 is 0 Å². The van der Waals surface area contributed by atoms with E-state index in [-0.39, 0.29) is 0 Å². The van der Waals surface area contributed by atoms with Gasteiger partial charge in [-0.3, -0.25) is 4.98 Å². The first-order valence-electron chi connectivity index (χ1n) is 5.45.